The summed E-state index contributed by atoms with van der Waals surface area (Å²) in [5, 5.41) is 8.85. The minimum Gasteiger partial charge on any atom is -0.462 e. The summed E-state index contributed by atoms with van der Waals surface area (Å²) in [6, 6.07) is 0. The van der Waals surface area contributed by atoms with Gasteiger partial charge in [-0.2, -0.15) is 0 Å². The van der Waals surface area contributed by atoms with Gasteiger partial charge in [-0.15, -0.1) is 0 Å². The molecule has 7 nitrogen and oxygen atoms in total. The van der Waals surface area contributed by atoms with Crippen LogP contribution in [0.15, 0.2) is 37.5 Å². The van der Waals surface area contributed by atoms with Crippen LogP contribution in [0.2, 0.25) is 0 Å². The molecule has 0 bridgehead atoms. The maximum atomic E-state index is 11.6. The molecule has 1 N–H and O–H groups in total. The molecule has 0 aromatic rings. The fourth-order valence-corrected chi connectivity index (χ4v) is 1.38. The van der Waals surface area contributed by atoms with E-state index in [0.29, 0.717) is 6.42 Å². The quantitative estimate of drug-likeness (QED) is 0.342. The molecular weight excluding hydrogens is 304 g/mol. The average molecular weight is 326 g/mol. The number of carbonyl (C=O) groups is 3. The summed E-state index contributed by atoms with van der Waals surface area (Å²) in [6.07, 6.45) is 2.38. The molecule has 0 rings (SSSR count). The number of hydrogen-bond acceptors (Lipinski definition) is 7. The minimum absolute atomic E-state index is 0.110. The highest BCUT2D eigenvalue weighted by Gasteiger charge is 2.34. The summed E-state index contributed by atoms with van der Waals surface area (Å²) in [7, 11) is 0. The van der Waals surface area contributed by atoms with Crippen molar-refractivity contribution in [2.75, 3.05) is 26.4 Å². The number of rotatable bonds is 11. The van der Waals surface area contributed by atoms with Crippen molar-refractivity contribution in [1.82, 2.24) is 0 Å². The van der Waals surface area contributed by atoms with Crippen molar-refractivity contribution < 1.29 is 33.7 Å². The molecule has 0 aliphatic rings. The fourth-order valence-electron chi connectivity index (χ4n) is 1.38. The Morgan fingerprint density at radius 3 is 1.78 bits per heavy atom. The molecule has 0 aliphatic heterocycles. The summed E-state index contributed by atoms with van der Waals surface area (Å²) >= 11 is 0. The lowest BCUT2D eigenvalue weighted by Crippen LogP contribution is -2.39. The van der Waals surface area contributed by atoms with Crippen LogP contribution < -0.4 is 0 Å². The summed E-state index contributed by atoms with van der Waals surface area (Å²) < 4.78 is 15.0. The molecule has 0 atom stereocenters. The lowest BCUT2D eigenvalue weighted by molar-refractivity contribution is -0.156. The molecule has 128 valence electrons. The largest absolute Gasteiger partial charge is 0.462 e. The zero-order valence-electron chi connectivity index (χ0n) is 13.2. The lowest BCUT2D eigenvalue weighted by atomic mass is 9.88. The van der Waals surface area contributed by atoms with Crippen LogP contribution in [0.4, 0.5) is 0 Å². The number of esters is 3. The van der Waals surface area contributed by atoms with Gasteiger partial charge in [0.05, 0.1) is 17.6 Å². The normalized spacial score (nSPS) is 10.3. The van der Waals surface area contributed by atoms with Gasteiger partial charge in [-0.25, -0.2) is 14.4 Å². The zero-order valence-corrected chi connectivity index (χ0v) is 13.2. The van der Waals surface area contributed by atoms with E-state index < -0.39 is 29.9 Å². The van der Waals surface area contributed by atoms with Gasteiger partial charge in [-0.05, 0) is 6.42 Å². The Kier molecular flexibility index (Phi) is 9.26. The van der Waals surface area contributed by atoms with Crippen LogP contribution >= 0.6 is 0 Å². The van der Waals surface area contributed by atoms with Crippen LogP contribution in [0.5, 0.6) is 0 Å². The molecule has 0 aromatic carbocycles. The number of aliphatic hydroxyl groups excluding tert-OH is 1. The van der Waals surface area contributed by atoms with E-state index in [1.165, 1.54) is 0 Å². The van der Waals surface area contributed by atoms with Gasteiger partial charge in [0.15, 0.2) is 0 Å². The second-order valence-corrected chi connectivity index (χ2v) is 4.82. The second-order valence-electron chi connectivity index (χ2n) is 4.82. The molecule has 0 heterocycles. The first kappa shape index (κ1) is 20.6. The van der Waals surface area contributed by atoms with Gasteiger partial charge < -0.3 is 19.3 Å². The molecule has 0 saturated heterocycles. The smallest absolute Gasteiger partial charge is 0.335 e. The minimum atomic E-state index is -0.928. The van der Waals surface area contributed by atoms with E-state index >= 15 is 0 Å². The first-order valence-corrected chi connectivity index (χ1v) is 6.88. The molecule has 23 heavy (non-hydrogen) atoms. The van der Waals surface area contributed by atoms with E-state index in [1.54, 1.807) is 6.92 Å². The van der Waals surface area contributed by atoms with E-state index in [0.717, 1.165) is 12.2 Å². The van der Waals surface area contributed by atoms with E-state index in [2.05, 4.69) is 19.7 Å². The average Bonchev–Trinajstić information content (AvgIpc) is 2.59. The molecule has 0 unspecified atom stereocenters. The molecule has 7 heteroatoms. The highest BCUT2D eigenvalue weighted by atomic mass is 16.6. The summed E-state index contributed by atoms with van der Waals surface area (Å²) in [5.41, 5.74) is -1.04. The van der Waals surface area contributed by atoms with Crippen molar-refractivity contribution in [3.63, 3.8) is 0 Å². The Morgan fingerprint density at radius 1 is 1.00 bits per heavy atom. The summed E-state index contributed by atoms with van der Waals surface area (Å²) in [5.74, 6) is -2.08. The number of carbonyl (C=O) groups excluding carboxylic acids is 3. The van der Waals surface area contributed by atoms with Gasteiger partial charge in [-0.1, -0.05) is 26.7 Å². The van der Waals surface area contributed by atoms with E-state index in [1.807, 2.05) is 0 Å². The molecule has 0 aromatic heterocycles. The second kappa shape index (κ2) is 10.3. The van der Waals surface area contributed by atoms with Gasteiger partial charge in [0.25, 0.3) is 0 Å². The van der Waals surface area contributed by atoms with Gasteiger partial charge in [0.1, 0.15) is 19.8 Å². The van der Waals surface area contributed by atoms with Crippen LogP contribution in [0.25, 0.3) is 0 Å². The Hall–Kier alpha value is -2.41. The highest BCUT2D eigenvalue weighted by molar-refractivity contribution is 5.88. The van der Waals surface area contributed by atoms with Crippen LogP contribution in [-0.4, -0.2) is 49.4 Å². The number of aliphatic hydroxyl groups is 1. The van der Waals surface area contributed by atoms with Gasteiger partial charge in [0, 0.05) is 12.2 Å². The van der Waals surface area contributed by atoms with Crippen LogP contribution in [-0.2, 0) is 28.6 Å². The van der Waals surface area contributed by atoms with Crippen LogP contribution in [0, 0.1) is 5.41 Å². The third-order valence-electron chi connectivity index (χ3n) is 3.11. The molecule has 0 spiro atoms. The summed E-state index contributed by atoms with van der Waals surface area (Å²) in [6.45, 7) is 10.7. The molecule has 0 radical (unpaired) electrons. The van der Waals surface area contributed by atoms with E-state index in [-0.39, 0.29) is 25.4 Å². The monoisotopic (exact) mass is 326 g/mol. The molecular formula is C16H22O7. The Labute approximate surface area is 135 Å². The number of ether oxygens (including phenoxy) is 3. The predicted molar refractivity (Wildman–Crippen MR) is 82.2 cm³/mol. The van der Waals surface area contributed by atoms with Crippen molar-refractivity contribution in [2.24, 2.45) is 5.41 Å². The van der Waals surface area contributed by atoms with Crippen molar-refractivity contribution >= 4 is 17.9 Å². The highest BCUT2D eigenvalue weighted by Crippen LogP contribution is 2.24. The SMILES string of the molecule is C=CC(=O)OCC(CC)(COC(=O)C=C)COC(=O)C(=C)CO. The van der Waals surface area contributed by atoms with Crippen LogP contribution in [0.3, 0.4) is 0 Å². The maximum absolute atomic E-state index is 11.6. The van der Waals surface area contributed by atoms with Crippen molar-refractivity contribution in [1.29, 1.82) is 0 Å². The standard InChI is InChI=1S/C16H22O7/c1-5-13(18)21-9-16(7-3,10-22-14(19)6-2)11-23-15(20)12(4)8-17/h5-6,17H,1-2,4,7-11H2,3H3. The molecule has 0 saturated carbocycles. The predicted octanol–water partition coefficient (Wildman–Crippen LogP) is 0.933. The maximum Gasteiger partial charge on any atom is 0.335 e. The zero-order chi connectivity index (χ0) is 17.9. The Balaban J connectivity index is 4.98. The Bertz CT molecular complexity index is 455. The third kappa shape index (κ3) is 7.42. The van der Waals surface area contributed by atoms with Crippen molar-refractivity contribution in [3.05, 3.63) is 37.5 Å². The van der Waals surface area contributed by atoms with Gasteiger partial charge in [-0.3, -0.25) is 0 Å². The fraction of sp³-hybridized carbons (Fsp3) is 0.438. The first-order chi connectivity index (χ1) is 10.8. The molecule has 0 aliphatic carbocycles. The molecule has 0 amide bonds. The van der Waals surface area contributed by atoms with Gasteiger partial charge >= 0.3 is 17.9 Å². The first-order valence-electron chi connectivity index (χ1n) is 6.88. The van der Waals surface area contributed by atoms with Gasteiger partial charge in [0.2, 0.25) is 0 Å². The topological polar surface area (TPSA) is 99.1 Å². The lowest BCUT2D eigenvalue weighted by Gasteiger charge is -2.30. The Morgan fingerprint density at radius 2 is 1.43 bits per heavy atom. The summed E-state index contributed by atoms with van der Waals surface area (Å²) in [4.78, 5) is 34.1. The van der Waals surface area contributed by atoms with E-state index in [9.17, 15) is 14.4 Å². The van der Waals surface area contributed by atoms with Crippen molar-refractivity contribution in [3.8, 4) is 0 Å². The third-order valence-corrected chi connectivity index (χ3v) is 3.11. The van der Waals surface area contributed by atoms with Crippen molar-refractivity contribution in [2.45, 2.75) is 13.3 Å². The van der Waals surface area contributed by atoms with Crippen LogP contribution in [0.1, 0.15) is 13.3 Å². The molecule has 0 fully saturated rings. The number of hydrogen-bond donors (Lipinski definition) is 1. The van der Waals surface area contributed by atoms with E-state index in [4.69, 9.17) is 19.3 Å².